The van der Waals surface area contributed by atoms with Crippen LogP contribution in [-0.4, -0.2) is 52.2 Å². The topological polar surface area (TPSA) is 57.6 Å². The van der Waals surface area contributed by atoms with Crippen molar-refractivity contribution in [2.24, 2.45) is 18.9 Å². The summed E-state index contributed by atoms with van der Waals surface area (Å²) in [5, 5.41) is 2.94. The molecule has 0 aliphatic rings. The van der Waals surface area contributed by atoms with Gasteiger partial charge in [-0.1, -0.05) is 27.7 Å². The van der Waals surface area contributed by atoms with Gasteiger partial charge in [0.15, 0.2) is 0 Å². The van der Waals surface area contributed by atoms with E-state index >= 15 is 0 Å². The number of amides is 3. The molecule has 0 bridgehead atoms. The van der Waals surface area contributed by atoms with E-state index in [0.29, 0.717) is 25.6 Å². The van der Waals surface area contributed by atoms with E-state index in [1.807, 2.05) is 79.2 Å². The van der Waals surface area contributed by atoms with Crippen molar-refractivity contribution in [2.45, 2.75) is 39.1 Å². The van der Waals surface area contributed by atoms with E-state index in [4.69, 9.17) is 0 Å². The molecule has 31 heavy (non-hydrogen) atoms. The maximum atomic E-state index is 13.2. The van der Waals surface area contributed by atoms with Gasteiger partial charge >= 0.3 is 6.03 Å². The average molecular weight is 445 g/mol. The maximum Gasteiger partial charge on any atom is 0.322 e. The number of nitrogens with zero attached hydrogens (tertiary/aromatic N) is 3. The zero-order valence-electron chi connectivity index (χ0n) is 19.6. The van der Waals surface area contributed by atoms with E-state index in [9.17, 15) is 9.59 Å². The largest absolute Gasteiger partial charge is 0.353 e. The van der Waals surface area contributed by atoms with Crippen molar-refractivity contribution in [2.75, 3.05) is 31.2 Å². The lowest BCUT2D eigenvalue weighted by Gasteiger charge is -2.30. The molecular formula is C24H36N4O2S. The molecule has 0 atom stereocenters. The van der Waals surface area contributed by atoms with Crippen molar-refractivity contribution in [3.05, 3.63) is 48.3 Å². The lowest BCUT2D eigenvalue weighted by Crippen LogP contribution is -2.46. The fourth-order valence-electron chi connectivity index (χ4n) is 3.35. The summed E-state index contributed by atoms with van der Waals surface area (Å²) in [4.78, 5) is 30.8. The van der Waals surface area contributed by atoms with Crippen LogP contribution in [0.2, 0.25) is 0 Å². The van der Waals surface area contributed by atoms with Crippen LogP contribution in [0, 0.1) is 11.8 Å². The summed E-state index contributed by atoms with van der Waals surface area (Å²) in [6.45, 7) is 10.1. The molecule has 0 fully saturated rings. The van der Waals surface area contributed by atoms with Crippen molar-refractivity contribution in [1.29, 1.82) is 0 Å². The summed E-state index contributed by atoms with van der Waals surface area (Å²) >= 11 is 1.65. The molecule has 0 aliphatic carbocycles. The quantitative estimate of drug-likeness (QED) is 0.529. The van der Waals surface area contributed by atoms with Gasteiger partial charge in [-0.15, -0.1) is 11.8 Å². The molecule has 1 aromatic carbocycles. The first kappa shape index (κ1) is 24.9. The lowest BCUT2D eigenvalue weighted by atomic mass is 10.2. The molecule has 0 unspecified atom stereocenters. The Kier molecular flexibility index (Phi) is 9.49. The van der Waals surface area contributed by atoms with Gasteiger partial charge in [-0.3, -0.25) is 4.79 Å². The van der Waals surface area contributed by atoms with E-state index < -0.39 is 0 Å². The Labute approximate surface area is 191 Å². The van der Waals surface area contributed by atoms with Crippen LogP contribution in [-0.2, 0) is 18.4 Å². The predicted molar refractivity (Wildman–Crippen MR) is 129 cm³/mol. The zero-order chi connectivity index (χ0) is 23.0. The summed E-state index contributed by atoms with van der Waals surface area (Å²) in [7, 11) is 1.98. The summed E-state index contributed by atoms with van der Waals surface area (Å²) in [6.07, 6.45) is 4.00. The highest BCUT2D eigenvalue weighted by Crippen LogP contribution is 2.18. The highest BCUT2D eigenvalue weighted by atomic mass is 32.2. The third-order valence-corrected chi connectivity index (χ3v) is 5.63. The molecule has 1 aromatic heterocycles. The first-order valence-electron chi connectivity index (χ1n) is 10.8. The molecule has 2 rings (SSSR count). The van der Waals surface area contributed by atoms with Gasteiger partial charge in [-0.05, 0) is 54.5 Å². The average Bonchev–Trinajstić information content (AvgIpc) is 3.11. The van der Waals surface area contributed by atoms with Gasteiger partial charge in [0.2, 0.25) is 5.91 Å². The second-order valence-corrected chi connectivity index (χ2v) is 9.59. The van der Waals surface area contributed by atoms with Gasteiger partial charge in [0.05, 0.1) is 6.54 Å². The number of carbonyl (C=O) groups is 2. The number of aryl methyl sites for hydroxylation is 1. The molecule has 0 spiro atoms. The smallest absolute Gasteiger partial charge is 0.322 e. The van der Waals surface area contributed by atoms with Gasteiger partial charge in [0.1, 0.15) is 6.54 Å². The molecule has 7 heteroatoms. The molecular weight excluding hydrogens is 408 g/mol. The minimum absolute atomic E-state index is 0.0385. The van der Waals surface area contributed by atoms with Gasteiger partial charge in [-0.2, -0.15) is 0 Å². The van der Waals surface area contributed by atoms with Gasteiger partial charge in [0.25, 0.3) is 0 Å². The molecule has 6 nitrogen and oxygen atoms in total. The Balaban J connectivity index is 2.12. The van der Waals surface area contributed by atoms with E-state index in [1.165, 1.54) is 0 Å². The minimum Gasteiger partial charge on any atom is -0.353 e. The van der Waals surface area contributed by atoms with Crippen LogP contribution in [0.5, 0.6) is 0 Å². The van der Waals surface area contributed by atoms with Crippen LogP contribution in [0.4, 0.5) is 10.5 Å². The van der Waals surface area contributed by atoms with Gasteiger partial charge < -0.3 is 19.7 Å². The third-order valence-electron chi connectivity index (χ3n) is 4.88. The van der Waals surface area contributed by atoms with E-state index in [-0.39, 0.29) is 24.4 Å². The third kappa shape index (κ3) is 7.98. The Morgan fingerprint density at radius 1 is 1.00 bits per heavy atom. The second kappa shape index (κ2) is 11.8. The standard InChI is InChI=1S/C24H36N4O2S/c1-18(2)14-27(16-21-8-7-13-26(21)5)23(29)17-28(15-19(3)4)24(30)25-20-9-11-22(31-6)12-10-20/h7-13,18-19H,14-17H2,1-6H3,(H,25,30). The van der Waals surface area contributed by atoms with Crippen LogP contribution in [0.15, 0.2) is 47.5 Å². The summed E-state index contributed by atoms with van der Waals surface area (Å²) in [5.41, 5.74) is 1.80. The van der Waals surface area contributed by atoms with Gasteiger partial charge in [0, 0.05) is 42.6 Å². The number of urea groups is 1. The Bertz CT molecular complexity index is 846. The summed E-state index contributed by atoms with van der Waals surface area (Å²) < 4.78 is 2.03. The summed E-state index contributed by atoms with van der Waals surface area (Å²) in [5.74, 6) is 0.554. The van der Waals surface area contributed by atoms with Crippen LogP contribution in [0.3, 0.4) is 0 Å². The molecule has 2 aromatic rings. The van der Waals surface area contributed by atoms with Crippen LogP contribution in [0.1, 0.15) is 33.4 Å². The molecule has 0 saturated carbocycles. The van der Waals surface area contributed by atoms with E-state index in [2.05, 4.69) is 19.2 Å². The number of rotatable bonds is 10. The maximum absolute atomic E-state index is 13.2. The number of anilines is 1. The highest BCUT2D eigenvalue weighted by molar-refractivity contribution is 7.98. The Morgan fingerprint density at radius 2 is 1.61 bits per heavy atom. The molecule has 3 amide bonds. The first-order chi connectivity index (χ1) is 14.7. The van der Waals surface area contributed by atoms with Crippen LogP contribution >= 0.6 is 11.8 Å². The van der Waals surface area contributed by atoms with Crippen LogP contribution in [0.25, 0.3) is 0 Å². The first-order valence-corrected chi connectivity index (χ1v) is 12.0. The predicted octanol–water partition coefficient (Wildman–Crippen LogP) is 4.92. The molecule has 1 heterocycles. The molecule has 0 radical (unpaired) electrons. The Morgan fingerprint density at radius 3 is 2.13 bits per heavy atom. The van der Waals surface area contributed by atoms with Crippen molar-refractivity contribution in [3.8, 4) is 0 Å². The summed E-state index contributed by atoms with van der Waals surface area (Å²) in [6, 6.07) is 11.5. The van der Waals surface area contributed by atoms with Crippen molar-refractivity contribution in [1.82, 2.24) is 14.4 Å². The lowest BCUT2D eigenvalue weighted by molar-refractivity contribution is -0.133. The number of hydrogen-bond acceptors (Lipinski definition) is 3. The second-order valence-electron chi connectivity index (χ2n) is 8.71. The fraction of sp³-hybridized carbons (Fsp3) is 0.500. The molecule has 170 valence electrons. The normalized spacial score (nSPS) is 11.1. The molecule has 0 saturated heterocycles. The number of nitrogens with one attached hydrogen (secondary N) is 1. The van der Waals surface area contributed by atoms with Crippen molar-refractivity contribution >= 4 is 29.4 Å². The Hall–Kier alpha value is -2.41. The van der Waals surface area contributed by atoms with E-state index in [1.54, 1.807) is 16.7 Å². The zero-order valence-corrected chi connectivity index (χ0v) is 20.4. The van der Waals surface area contributed by atoms with Crippen LogP contribution < -0.4 is 5.32 Å². The van der Waals surface area contributed by atoms with Crippen molar-refractivity contribution in [3.63, 3.8) is 0 Å². The van der Waals surface area contributed by atoms with Crippen molar-refractivity contribution < 1.29 is 9.59 Å². The number of benzene rings is 1. The fourth-order valence-corrected chi connectivity index (χ4v) is 3.76. The number of thioether (sulfide) groups is 1. The molecule has 1 N–H and O–H groups in total. The molecule has 0 aliphatic heterocycles. The minimum atomic E-state index is -0.248. The number of carbonyl (C=O) groups excluding carboxylic acids is 2. The SMILES string of the molecule is CSc1ccc(NC(=O)N(CC(=O)N(Cc2cccn2C)CC(C)C)CC(C)C)cc1. The number of aromatic nitrogens is 1. The highest BCUT2D eigenvalue weighted by Gasteiger charge is 2.23. The monoisotopic (exact) mass is 444 g/mol. The van der Waals surface area contributed by atoms with Gasteiger partial charge in [-0.25, -0.2) is 4.79 Å². The number of hydrogen-bond donors (Lipinski definition) is 1. The van der Waals surface area contributed by atoms with E-state index in [0.717, 1.165) is 16.3 Å².